The van der Waals surface area contributed by atoms with E-state index in [1.54, 1.807) is 0 Å². The highest BCUT2D eigenvalue weighted by Crippen LogP contribution is 2.29. The molecule has 0 N–H and O–H groups in total. The SMILES string of the molecule is CN(C)Cc1csc2ccc(Br)cc12. The van der Waals surface area contributed by atoms with E-state index in [0.717, 1.165) is 11.0 Å². The highest BCUT2D eigenvalue weighted by molar-refractivity contribution is 9.10. The molecule has 2 aromatic rings. The van der Waals surface area contributed by atoms with Gasteiger partial charge in [-0.15, -0.1) is 11.3 Å². The monoisotopic (exact) mass is 269 g/mol. The van der Waals surface area contributed by atoms with Crippen molar-refractivity contribution in [2.45, 2.75) is 6.54 Å². The first-order chi connectivity index (χ1) is 6.66. The first-order valence-corrected chi connectivity index (χ1v) is 6.14. The van der Waals surface area contributed by atoms with E-state index < -0.39 is 0 Å². The molecule has 0 unspecified atom stereocenters. The van der Waals surface area contributed by atoms with Gasteiger partial charge >= 0.3 is 0 Å². The molecule has 2 rings (SSSR count). The van der Waals surface area contributed by atoms with Gasteiger partial charge in [0, 0.05) is 15.7 Å². The highest BCUT2D eigenvalue weighted by atomic mass is 79.9. The van der Waals surface area contributed by atoms with Crippen molar-refractivity contribution >= 4 is 37.4 Å². The molecule has 0 fully saturated rings. The predicted octanol–water partition coefficient (Wildman–Crippen LogP) is 3.73. The number of thiophene rings is 1. The lowest BCUT2D eigenvalue weighted by atomic mass is 10.2. The largest absolute Gasteiger partial charge is 0.305 e. The van der Waals surface area contributed by atoms with Crippen molar-refractivity contribution in [3.05, 3.63) is 33.6 Å². The molecule has 0 saturated carbocycles. The molecular weight excluding hydrogens is 258 g/mol. The van der Waals surface area contributed by atoms with Gasteiger partial charge in [0.05, 0.1) is 0 Å². The van der Waals surface area contributed by atoms with Crippen molar-refractivity contribution < 1.29 is 0 Å². The summed E-state index contributed by atoms with van der Waals surface area (Å²) in [6.07, 6.45) is 0. The van der Waals surface area contributed by atoms with Gasteiger partial charge in [-0.25, -0.2) is 0 Å². The average molecular weight is 270 g/mol. The Morgan fingerprint density at radius 2 is 2.14 bits per heavy atom. The highest BCUT2D eigenvalue weighted by Gasteiger charge is 2.04. The van der Waals surface area contributed by atoms with Crippen LogP contribution in [0.25, 0.3) is 10.1 Å². The van der Waals surface area contributed by atoms with Crippen LogP contribution in [-0.2, 0) is 6.54 Å². The van der Waals surface area contributed by atoms with Gasteiger partial charge < -0.3 is 4.90 Å². The average Bonchev–Trinajstić information content (AvgIpc) is 2.47. The minimum absolute atomic E-state index is 1.01. The number of rotatable bonds is 2. The van der Waals surface area contributed by atoms with Crippen molar-refractivity contribution in [2.75, 3.05) is 14.1 Å². The quantitative estimate of drug-likeness (QED) is 0.803. The molecule has 0 saturated heterocycles. The van der Waals surface area contributed by atoms with Gasteiger partial charge in [-0.2, -0.15) is 0 Å². The van der Waals surface area contributed by atoms with E-state index >= 15 is 0 Å². The molecule has 0 amide bonds. The summed E-state index contributed by atoms with van der Waals surface area (Å²) in [5.41, 5.74) is 1.41. The van der Waals surface area contributed by atoms with E-state index in [2.05, 4.69) is 58.5 Å². The zero-order chi connectivity index (χ0) is 10.1. The maximum atomic E-state index is 3.51. The number of halogens is 1. The van der Waals surface area contributed by atoms with Crippen LogP contribution in [0, 0.1) is 0 Å². The fourth-order valence-electron chi connectivity index (χ4n) is 1.52. The molecule has 1 aromatic carbocycles. The van der Waals surface area contributed by atoms with Crippen LogP contribution in [0.2, 0.25) is 0 Å². The third kappa shape index (κ3) is 2.00. The summed E-state index contributed by atoms with van der Waals surface area (Å²) in [4.78, 5) is 2.20. The minimum Gasteiger partial charge on any atom is -0.305 e. The summed E-state index contributed by atoms with van der Waals surface area (Å²) in [6.45, 7) is 1.01. The fourth-order valence-corrected chi connectivity index (χ4v) is 2.81. The normalized spacial score (nSPS) is 11.4. The minimum atomic E-state index is 1.01. The van der Waals surface area contributed by atoms with Gasteiger partial charge in [-0.1, -0.05) is 15.9 Å². The Balaban J connectivity index is 2.50. The standard InChI is InChI=1S/C11H12BrNS/c1-13(2)6-8-7-14-11-4-3-9(12)5-10(8)11/h3-5,7H,6H2,1-2H3. The Kier molecular flexibility index (Phi) is 2.91. The number of fused-ring (bicyclic) bond motifs is 1. The van der Waals surface area contributed by atoms with Crippen molar-refractivity contribution in [3.8, 4) is 0 Å². The van der Waals surface area contributed by atoms with Crippen LogP contribution < -0.4 is 0 Å². The van der Waals surface area contributed by atoms with Gasteiger partial charge in [0.2, 0.25) is 0 Å². The van der Waals surface area contributed by atoms with Gasteiger partial charge in [0.1, 0.15) is 0 Å². The number of nitrogens with zero attached hydrogens (tertiary/aromatic N) is 1. The second-order valence-electron chi connectivity index (χ2n) is 3.64. The van der Waals surface area contributed by atoms with E-state index in [1.807, 2.05) is 11.3 Å². The van der Waals surface area contributed by atoms with Crippen LogP contribution in [0.5, 0.6) is 0 Å². The predicted molar refractivity (Wildman–Crippen MR) is 66.9 cm³/mol. The molecule has 0 radical (unpaired) electrons. The molecule has 0 atom stereocenters. The summed E-state index contributed by atoms with van der Waals surface area (Å²) in [5.74, 6) is 0. The van der Waals surface area contributed by atoms with E-state index in [1.165, 1.54) is 15.6 Å². The Bertz CT molecular complexity index is 447. The first kappa shape index (κ1) is 10.1. The molecule has 0 spiro atoms. The van der Waals surface area contributed by atoms with Crippen molar-refractivity contribution in [2.24, 2.45) is 0 Å². The van der Waals surface area contributed by atoms with Crippen molar-refractivity contribution in [1.29, 1.82) is 0 Å². The zero-order valence-electron chi connectivity index (χ0n) is 8.25. The third-order valence-electron chi connectivity index (χ3n) is 2.10. The van der Waals surface area contributed by atoms with Crippen LogP contribution in [0.15, 0.2) is 28.1 Å². The second-order valence-corrected chi connectivity index (χ2v) is 5.47. The first-order valence-electron chi connectivity index (χ1n) is 4.47. The molecule has 74 valence electrons. The third-order valence-corrected chi connectivity index (χ3v) is 3.61. The molecule has 0 aliphatic rings. The van der Waals surface area contributed by atoms with Crippen LogP contribution in [0.3, 0.4) is 0 Å². The molecule has 0 aliphatic carbocycles. The fraction of sp³-hybridized carbons (Fsp3) is 0.273. The maximum Gasteiger partial charge on any atom is 0.0346 e. The van der Waals surface area contributed by atoms with Gasteiger partial charge in [0.25, 0.3) is 0 Å². The van der Waals surface area contributed by atoms with Crippen LogP contribution in [0.4, 0.5) is 0 Å². The Morgan fingerprint density at radius 3 is 2.86 bits per heavy atom. The van der Waals surface area contributed by atoms with Crippen LogP contribution >= 0.6 is 27.3 Å². The number of hydrogen-bond donors (Lipinski definition) is 0. The maximum absolute atomic E-state index is 3.51. The Morgan fingerprint density at radius 1 is 1.36 bits per heavy atom. The zero-order valence-corrected chi connectivity index (χ0v) is 10.7. The number of hydrogen-bond acceptors (Lipinski definition) is 2. The summed E-state index contributed by atoms with van der Waals surface area (Å²) in [6, 6.07) is 6.46. The van der Waals surface area contributed by atoms with E-state index in [-0.39, 0.29) is 0 Å². The molecule has 3 heteroatoms. The number of benzene rings is 1. The van der Waals surface area contributed by atoms with E-state index in [0.29, 0.717) is 0 Å². The smallest absolute Gasteiger partial charge is 0.0346 e. The Hall–Kier alpha value is -0.380. The lowest BCUT2D eigenvalue weighted by Gasteiger charge is -2.08. The van der Waals surface area contributed by atoms with Gasteiger partial charge in [-0.3, -0.25) is 0 Å². The van der Waals surface area contributed by atoms with E-state index in [9.17, 15) is 0 Å². The lowest BCUT2D eigenvalue weighted by molar-refractivity contribution is 0.404. The van der Waals surface area contributed by atoms with Gasteiger partial charge in [0.15, 0.2) is 0 Å². The molecule has 1 heterocycles. The Labute approximate surface area is 96.5 Å². The molecule has 1 aromatic heterocycles. The van der Waals surface area contributed by atoms with Gasteiger partial charge in [-0.05, 0) is 48.6 Å². The van der Waals surface area contributed by atoms with E-state index in [4.69, 9.17) is 0 Å². The molecule has 14 heavy (non-hydrogen) atoms. The molecule has 1 nitrogen and oxygen atoms in total. The summed E-state index contributed by atoms with van der Waals surface area (Å²) in [5, 5.41) is 3.62. The summed E-state index contributed by atoms with van der Waals surface area (Å²) in [7, 11) is 4.20. The topological polar surface area (TPSA) is 3.24 Å². The second kappa shape index (κ2) is 4.01. The van der Waals surface area contributed by atoms with Crippen molar-refractivity contribution in [3.63, 3.8) is 0 Å². The molecule has 0 bridgehead atoms. The summed E-state index contributed by atoms with van der Waals surface area (Å²) >= 11 is 5.33. The van der Waals surface area contributed by atoms with Crippen LogP contribution in [-0.4, -0.2) is 19.0 Å². The molecular formula is C11H12BrNS. The molecule has 0 aliphatic heterocycles. The van der Waals surface area contributed by atoms with Crippen molar-refractivity contribution in [1.82, 2.24) is 4.90 Å². The lowest BCUT2D eigenvalue weighted by Crippen LogP contribution is -2.09. The summed E-state index contributed by atoms with van der Waals surface area (Å²) < 4.78 is 2.52. The van der Waals surface area contributed by atoms with Crippen LogP contribution in [0.1, 0.15) is 5.56 Å².